The van der Waals surface area contributed by atoms with E-state index in [0.29, 0.717) is 22.6 Å². The summed E-state index contributed by atoms with van der Waals surface area (Å²) in [6.07, 6.45) is 0. The number of fused-ring (bicyclic) bond motifs is 11. The van der Waals surface area contributed by atoms with Crippen LogP contribution < -0.4 is 4.90 Å². The number of hydrogen-bond donors (Lipinski definition) is 0. The van der Waals surface area contributed by atoms with Gasteiger partial charge in [0.15, 0.2) is 0 Å². The van der Waals surface area contributed by atoms with E-state index in [1.807, 2.05) is 30.3 Å². The SMILES string of the molecule is [C-]#[N+]c1cc(-n2c3ccc(N(c4ccccc4)c4ccccc4)cc3c3cc4c(cc32)-c2ccccc2C4(C)C)c(C#N)cc1-n1c2ccccc2c2c3ccccc3ccc21. The predicted molar refractivity (Wildman–Crippen MR) is 256 cm³/mol. The maximum Gasteiger partial charge on any atom is 0.212 e. The molecule has 1 aliphatic carbocycles. The molecule has 1 aliphatic rings. The average molecular weight is 792 g/mol. The average Bonchev–Trinajstić information content (AvgIpc) is 3.91. The van der Waals surface area contributed by atoms with E-state index in [1.165, 1.54) is 22.3 Å². The molecule has 9 aromatic carbocycles. The molecule has 0 unspecified atom stereocenters. The highest BCUT2D eigenvalue weighted by atomic mass is 15.1. The van der Waals surface area contributed by atoms with Crippen molar-refractivity contribution in [2.24, 2.45) is 0 Å². The second-order valence-electron chi connectivity index (χ2n) is 16.7. The molecule has 11 aromatic rings. The summed E-state index contributed by atoms with van der Waals surface area (Å²) in [5, 5.41) is 17.9. The quantitative estimate of drug-likeness (QED) is 0.163. The second kappa shape index (κ2) is 13.3. The minimum absolute atomic E-state index is 0.212. The first kappa shape index (κ1) is 35.6. The third-order valence-corrected chi connectivity index (χ3v) is 13.1. The summed E-state index contributed by atoms with van der Waals surface area (Å²) >= 11 is 0. The number of benzene rings is 9. The zero-order chi connectivity index (χ0) is 41.7. The Bertz CT molecular complexity index is 3700. The molecule has 0 saturated carbocycles. The smallest absolute Gasteiger partial charge is 0.212 e. The van der Waals surface area contributed by atoms with Gasteiger partial charge < -0.3 is 14.0 Å². The highest BCUT2D eigenvalue weighted by Crippen LogP contribution is 2.52. The summed E-state index contributed by atoms with van der Waals surface area (Å²) in [5.41, 5.74) is 14.2. The van der Waals surface area contributed by atoms with Gasteiger partial charge in [0.05, 0.1) is 45.6 Å². The Morgan fingerprint density at radius 1 is 0.500 bits per heavy atom. The van der Waals surface area contributed by atoms with Crippen molar-refractivity contribution in [1.82, 2.24) is 9.13 Å². The van der Waals surface area contributed by atoms with E-state index in [2.05, 4.69) is 197 Å². The van der Waals surface area contributed by atoms with Crippen LogP contribution in [0.15, 0.2) is 188 Å². The molecule has 12 rings (SSSR count). The monoisotopic (exact) mass is 791 g/mol. The summed E-state index contributed by atoms with van der Waals surface area (Å²) in [5.74, 6) is 0. The third kappa shape index (κ3) is 5.00. The summed E-state index contributed by atoms with van der Waals surface area (Å²) in [4.78, 5) is 6.51. The predicted octanol–water partition coefficient (Wildman–Crippen LogP) is 15.2. The summed E-state index contributed by atoms with van der Waals surface area (Å²) in [6, 6.07) is 68.5. The van der Waals surface area contributed by atoms with Crippen LogP contribution >= 0.6 is 0 Å². The van der Waals surface area contributed by atoms with E-state index >= 15 is 0 Å². The van der Waals surface area contributed by atoms with Crippen LogP contribution in [0.2, 0.25) is 0 Å². The van der Waals surface area contributed by atoms with E-state index in [-0.39, 0.29) is 5.41 Å². The normalized spacial score (nSPS) is 12.8. The van der Waals surface area contributed by atoms with Crippen molar-refractivity contribution < 1.29 is 0 Å². The van der Waals surface area contributed by atoms with Crippen LogP contribution in [0.4, 0.5) is 22.7 Å². The maximum absolute atomic E-state index is 11.2. The van der Waals surface area contributed by atoms with Crippen LogP contribution in [-0.2, 0) is 5.41 Å². The van der Waals surface area contributed by atoms with Gasteiger partial charge in [0.1, 0.15) is 6.07 Å². The van der Waals surface area contributed by atoms with Gasteiger partial charge in [0.25, 0.3) is 0 Å². The standard InChI is InChI=1S/C57H37N5/c1-57(2)47-24-14-12-22-42(47)44-33-54-46(32-48(44)57)45-31-40(60(38-17-6-4-7-18-38)39-19-8-5-9-20-39)27-29-51(45)62(54)53-34-49(59-3)55(30-37(53)35-58)61-50-25-15-13-23-43(50)56-41-21-11-10-16-36(41)26-28-52(56)61/h4-34H,1-2H3. The lowest BCUT2D eigenvalue weighted by atomic mass is 9.82. The first-order chi connectivity index (χ1) is 30.4. The lowest BCUT2D eigenvalue weighted by Crippen LogP contribution is -2.14. The Morgan fingerprint density at radius 2 is 1.13 bits per heavy atom. The van der Waals surface area contributed by atoms with Gasteiger partial charge in [-0.05, 0) is 112 Å². The zero-order valence-corrected chi connectivity index (χ0v) is 34.1. The van der Waals surface area contributed by atoms with E-state index in [9.17, 15) is 5.26 Å². The van der Waals surface area contributed by atoms with Gasteiger partial charge >= 0.3 is 0 Å². The van der Waals surface area contributed by atoms with Gasteiger partial charge in [0.2, 0.25) is 5.69 Å². The van der Waals surface area contributed by atoms with Gasteiger partial charge in [-0.2, -0.15) is 5.26 Å². The maximum atomic E-state index is 11.2. The molecule has 5 nitrogen and oxygen atoms in total. The second-order valence-corrected chi connectivity index (χ2v) is 16.7. The molecule has 0 saturated heterocycles. The van der Waals surface area contributed by atoms with Crippen molar-refractivity contribution in [1.29, 1.82) is 5.26 Å². The van der Waals surface area contributed by atoms with Crippen LogP contribution in [0.5, 0.6) is 0 Å². The lowest BCUT2D eigenvalue weighted by Gasteiger charge is -2.25. The Hall–Kier alpha value is -8.38. The van der Waals surface area contributed by atoms with Crippen LogP contribution in [0, 0.1) is 17.9 Å². The first-order valence-electron chi connectivity index (χ1n) is 20.9. The van der Waals surface area contributed by atoms with Crippen molar-refractivity contribution in [2.45, 2.75) is 19.3 Å². The molecule has 0 amide bonds. The number of hydrogen-bond acceptors (Lipinski definition) is 2. The fourth-order valence-electron chi connectivity index (χ4n) is 10.3. The third-order valence-electron chi connectivity index (χ3n) is 13.1. The van der Waals surface area contributed by atoms with E-state index in [1.54, 1.807) is 0 Å². The number of aromatic nitrogens is 2. The molecule has 0 bridgehead atoms. The molecule has 0 N–H and O–H groups in total. The molecule has 62 heavy (non-hydrogen) atoms. The molecule has 0 spiro atoms. The molecular weight excluding hydrogens is 755 g/mol. The fourth-order valence-corrected chi connectivity index (χ4v) is 10.3. The van der Waals surface area contributed by atoms with Crippen LogP contribution in [0.1, 0.15) is 30.5 Å². The number of para-hydroxylation sites is 3. The number of nitrogens with zero attached hydrogens (tertiary/aromatic N) is 5. The van der Waals surface area contributed by atoms with Crippen molar-refractivity contribution in [3.63, 3.8) is 0 Å². The van der Waals surface area contributed by atoms with Crippen molar-refractivity contribution in [3.8, 4) is 28.6 Å². The molecule has 0 radical (unpaired) electrons. The Kier molecular flexibility index (Phi) is 7.64. The molecule has 0 fully saturated rings. The number of rotatable bonds is 5. The van der Waals surface area contributed by atoms with Crippen LogP contribution in [0.25, 0.3) is 81.7 Å². The van der Waals surface area contributed by atoms with Gasteiger partial charge in [0, 0.05) is 44.0 Å². The first-order valence-corrected chi connectivity index (χ1v) is 20.9. The van der Waals surface area contributed by atoms with Gasteiger partial charge in [-0.3, -0.25) is 0 Å². The topological polar surface area (TPSA) is 41.2 Å². The van der Waals surface area contributed by atoms with E-state index in [4.69, 9.17) is 6.57 Å². The minimum atomic E-state index is -0.212. The number of anilines is 3. The van der Waals surface area contributed by atoms with Crippen molar-refractivity contribution in [3.05, 3.63) is 216 Å². The molecule has 290 valence electrons. The Balaban J connectivity index is 1.15. The van der Waals surface area contributed by atoms with E-state index in [0.717, 1.165) is 71.4 Å². The largest absolute Gasteiger partial charge is 0.319 e. The molecule has 2 aromatic heterocycles. The summed E-state index contributed by atoms with van der Waals surface area (Å²) in [6.45, 7) is 13.3. The molecule has 5 heteroatoms. The Morgan fingerprint density at radius 3 is 1.89 bits per heavy atom. The molecule has 0 aliphatic heterocycles. The van der Waals surface area contributed by atoms with Gasteiger partial charge in [-0.1, -0.05) is 123 Å². The fraction of sp³-hybridized carbons (Fsp3) is 0.0526. The van der Waals surface area contributed by atoms with Crippen molar-refractivity contribution >= 4 is 77.1 Å². The zero-order valence-electron chi connectivity index (χ0n) is 34.1. The van der Waals surface area contributed by atoms with Gasteiger partial charge in [-0.25, -0.2) is 4.85 Å². The Labute approximate surface area is 359 Å². The molecular formula is C57H37N5. The molecule has 2 heterocycles. The summed E-state index contributed by atoms with van der Waals surface area (Å²) in [7, 11) is 0. The summed E-state index contributed by atoms with van der Waals surface area (Å²) < 4.78 is 4.38. The highest BCUT2D eigenvalue weighted by molar-refractivity contribution is 6.21. The van der Waals surface area contributed by atoms with Crippen LogP contribution in [-0.4, -0.2) is 9.13 Å². The lowest BCUT2D eigenvalue weighted by molar-refractivity contribution is 0.661. The van der Waals surface area contributed by atoms with Gasteiger partial charge in [-0.15, -0.1) is 0 Å². The molecule has 0 atom stereocenters. The minimum Gasteiger partial charge on any atom is -0.319 e. The van der Waals surface area contributed by atoms with E-state index < -0.39 is 0 Å². The van der Waals surface area contributed by atoms with Crippen molar-refractivity contribution in [2.75, 3.05) is 4.90 Å². The van der Waals surface area contributed by atoms with Crippen LogP contribution in [0.3, 0.4) is 0 Å². The highest BCUT2D eigenvalue weighted by Gasteiger charge is 2.36. The number of nitriles is 1.